The van der Waals surface area contributed by atoms with Gasteiger partial charge in [-0.25, -0.2) is 0 Å². The highest BCUT2D eigenvalue weighted by atomic mass is 16.5. The molecule has 0 spiro atoms. The summed E-state index contributed by atoms with van der Waals surface area (Å²) in [4.78, 5) is 27.1. The second kappa shape index (κ2) is 9.51. The summed E-state index contributed by atoms with van der Waals surface area (Å²) in [7, 11) is 0. The van der Waals surface area contributed by atoms with Gasteiger partial charge in [-0.3, -0.25) is 14.5 Å². The van der Waals surface area contributed by atoms with E-state index in [1.165, 1.54) is 0 Å². The minimum absolute atomic E-state index is 0.0621. The van der Waals surface area contributed by atoms with Crippen LogP contribution in [0, 0.1) is 5.92 Å². The molecule has 0 radical (unpaired) electrons. The van der Waals surface area contributed by atoms with E-state index >= 15 is 0 Å². The molecule has 1 amide bonds. The molecule has 3 rings (SSSR count). The van der Waals surface area contributed by atoms with Crippen LogP contribution < -0.4 is 5.32 Å². The van der Waals surface area contributed by atoms with E-state index in [9.17, 15) is 9.59 Å². The van der Waals surface area contributed by atoms with Crippen molar-refractivity contribution >= 4 is 17.6 Å². The first-order valence-corrected chi connectivity index (χ1v) is 9.96. The minimum Gasteiger partial charge on any atom is -0.466 e. The molecule has 1 N–H and O–H groups in total. The lowest BCUT2D eigenvalue weighted by molar-refractivity contribution is -0.150. The Kier molecular flexibility index (Phi) is 6.82. The number of hydrogen-bond donors (Lipinski definition) is 1. The fourth-order valence-corrected chi connectivity index (χ4v) is 3.68. The van der Waals surface area contributed by atoms with Crippen LogP contribution in [0.4, 0.5) is 5.69 Å². The first kappa shape index (κ1) is 20.1. The molecule has 0 aliphatic carbocycles. The summed E-state index contributed by atoms with van der Waals surface area (Å²) in [5.74, 6) is -0.373. The van der Waals surface area contributed by atoms with Crippen molar-refractivity contribution in [3.05, 3.63) is 54.6 Å². The van der Waals surface area contributed by atoms with E-state index in [2.05, 4.69) is 10.2 Å². The lowest BCUT2D eigenvalue weighted by atomic mass is 9.96. The second-order valence-corrected chi connectivity index (χ2v) is 7.16. The zero-order chi connectivity index (χ0) is 19.9. The lowest BCUT2D eigenvalue weighted by Crippen LogP contribution is -2.48. The van der Waals surface area contributed by atoms with Crippen LogP contribution in [0.15, 0.2) is 54.6 Å². The number of benzene rings is 2. The molecular weight excluding hydrogens is 352 g/mol. The number of hydrogen-bond acceptors (Lipinski definition) is 4. The van der Waals surface area contributed by atoms with Gasteiger partial charge in [-0.1, -0.05) is 48.5 Å². The number of esters is 1. The van der Waals surface area contributed by atoms with Gasteiger partial charge in [-0.05, 0) is 44.9 Å². The maximum atomic E-state index is 12.9. The van der Waals surface area contributed by atoms with E-state index in [0.717, 1.165) is 36.2 Å². The number of nitrogens with one attached hydrogen (secondary N) is 1. The Morgan fingerprint density at radius 3 is 2.61 bits per heavy atom. The topological polar surface area (TPSA) is 58.6 Å². The molecule has 0 unspecified atom stereocenters. The number of ether oxygens (including phenoxy) is 1. The SMILES string of the molecule is CCOC(=O)[C@@H]1CCCN([C@@H](C)C(=O)Nc2ccccc2-c2ccccc2)C1. The van der Waals surface area contributed by atoms with Crippen LogP contribution in [0.2, 0.25) is 0 Å². The van der Waals surface area contributed by atoms with Crippen molar-refractivity contribution in [3.8, 4) is 11.1 Å². The zero-order valence-electron chi connectivity index (χ0n) is 16.6. The Morgan fingerprint density at radius 2 is 1.86 bits per heavy atom. The summed E-state index contributed by atoms with van der Waals surface area (Å²) in [5.41, 5.74) is 2.85. The van der Waals surface area contributed by atoms with Gasteiger partial charge < -0.3 is 10.1 Å². The van der Waals surface area contributed by atoms with Gasteiger partial charge in [0.15, 0.2) is 0 Å². The van der Waals surface area contributed by atoms with Crippen LogP contribution in [0.3, 0.4) is 0 Å². The normalized spacial score (nSPS) is 18.3. The highest BCUT2D eigenvalue weighted by Crippen LogP contribution is 2.28. The summed E-state index contributed by atoms with van der Waals surface area (Å²) >= 11 is 0. The van der Waals surface area contributed by atoms with Crippen LogP contribution in [-0.4, -0.2) is 42.5 Å². The van der Waals surface area contributed by atoms with E-state index in [1.807, 2.05) is 68.4 Å². The fourth-order valence-electron chi connectivity index (χ4n) is 3.68. The summed E-state index contributed by atoms with van der Waals surface area (Å²) in [6.07, 6.45) is 1.71. The van der Waals surface area contributed by atoms with Crippen LogP contribution >= 0.6 is 0 Å². The third-order valence-corrected chi connectivity index (χ3v) is 5.27. The molecule has 148 valence electrons. The molecule has 28 heavy (non-hydrogen) atoms. The number of nitrogens with zero attached hydrogens (tertiary/aromatic N) is 1. The predicted molar refractivity (Wildman–Crippen MR) is 111 cm³/mol. The number of carbonyl (C=O) groups is 2. The molecule has 5 heteroatoms. The largest absolute Gasteiger partial charge is 0.466 e. The molecule has 1 aliphatic heterocycles. The Bertz CT molecular complexity index is 807. The van der Waals surface area contributed by atoms with Crippen molar-refractivity contribution in [1.82, 2.24) is 4.90 Å². The number of carbonyl (C=O) groups excluding carboxylic acids is 2. The quantitative estimate of drug-likeness (QED) is 0.771. The highest BCUT2D eigenvalue weighted by Gasteiger charge is 2.31. The van der Waals surface area contributed by atoms with Crippen molar-refractivity contribution in [3.63, 3.8) is 0 Å². The Morgan fingerprint density at radius 1 is 1.14 bits per heavy atom. The molecule has 0 bridgehead atoms. The van der Waals surface area contributed by atoms with Crippen LogP contribution in [-0.2, 0) is 14.3 Å². The summed E-state index contributed by atoms with van der Waals surface area (Å²) < 4.78 is 5.16. The molecule has 0 aromatic heterocycles. The predicted octanol–water partition coefficient (Wildman–Crippen LogP) is 3.96. The van der Waals surface area contributed by atoms with E-state index in [4.69, 9.17) is 4.74 Å². The van der Waals surface area contributed by atoms with E-state index in [-0.39, 0.29) is 23.8 Å². The molecule has 2 aromatic carbocycles. The maximum absolute atomic E-state index is 12.9. The number of rotatable bonds is 6. The van der Waals surface area contributed by atoms with E-state index in [1.54, 1.807) is 0 Å². The Balaban J connectivity index is 1.69. The highest BCUT2D eigenvalue weighted by molar-refractivity contribution is 5.98. The van der Waals surface area contributed by atoms with Gasteiger partial charge >= 0.3 is 5.97 Å². The van der Waals surface area contributed by atoms with Crippen molar-refractivity contribution in [2.75, 3.05) is 25.0 Å². The van der Waals surface area contributed by atoms with Crippen LogP contribution in [0.25, 0.3) is 11.1 Å². The standard InChI is InChI=1S/C23H28N2O3/c1-3-28-23(27)19-12-9-15-25(16-19)17(2)22(26)24-21-14-8-7-13-20(21)18-10-5-4-6-11-18/h4-8,10-11,13-14,17,19H,3,9,12,15-16H2,1-2H3,(H,24,26)/t17-,19+/m0/s1. The maximum Gasteiger partial charge on any atom is 0.310 e. The van der Waals surface area contributed by atoms with Crippen molar-refractivity contribution in [1.29, 1.82) is 0 Å². The van der Waals surface area contributed by atoms with Gasteiger partial charge in [-0.2, -0.15) is 0 Å². The van der Waals surface area contributed by atoms with E-state index in [0.29, 0.717) is 13.2 Å². The molecule has 1 heterocycles. The second-order valence-electron chi connectivity index (χ2n) is 7.16. The summed E-state index contributed by atoms with van der Waals surface area (Å²) in [5, 5.41) is 3.08. The Hall–Kier alpha value is -2.66. The third-order valence-electron chi connectivity index (χ3n) is 5.27. The zero-order valence-corrected chi connectivity index (χ0v) is 16.6. The lowest BCUT2D eigenvalue weighted by Gasteiger charge is -2.35. The summed E-state index contributed by atoms with van der Waals surface area (Å²) in [6, 6.07) is 17.5. The van der Waals surface area contributed by atoms with Gasteiger partial charge in [0.2, 0.25) is 5.91 Å². The Labute approximate surface area is 166 Å². The molecule has 2 aromatic rings. The first-order chi connectivity index (χ1) is 13.6. The average molecular weight is 380 g/mol. The number of anilines is 1. The van der Waals surface area contributed by atoms with E-state index < -0.39 is 0 Å². The number of likely N-dealkylation sites (tertiary alicyclic amines) is 1. The molecule has 1 saturated heterocycles. The smallest absolute Gasteiger partial charge is 0.310 e. The van der Waals surface area contributed by atoms with Gasteiger partial charge in [0, 0.05) is 17.8 Å². The minimum atomic E-state index is -0.318. The molecule has 0 saturated carbocycles. The molecule has 2 atom stereocenters. The third kappa shape index (κ3) is 4.78. The molecule has 1 fully saturated rings. The fraction of sp³-hybridized carbons (Fsp3) is 0.391. The van der Waals surface area contributed by atoms with Gasteiger partial charge in [0.05, 0.1) is 18.6 Å². The monoisotopic (exact) mass is 380 g/mol. The molecular formula is C23H28N2O3. The van der Waals surface area contributed by atoms with Crippen LogP contribution in [0.5, 0.6) is 0 Å². The molecule has 5 nitrogen and oxygen atoms in total. The van der Waals surface area contributed by atoms with Gasteiger partial charge in [-0.15, -0.1) is 0 Å². The van der Waals surface area contributed by atoms with Crippen molar-refractivity contribution in [2.45, 2.75) is 32.7 Å². The molecule has 1 aliphatic rings. The van der Waals surface area contributed by atoms with Crippen molar-refractivity contribution < 1.29 is 14.3 Å². The van der Waals surface area contributed by atoms with Gasteiger partial charge in [0.25, 0.3) is 0 Å². The van der Waals surface area contributed by atoms with Crippen LogP contribution in [0.1, 0.15) is 26.7 Å². The number of amides is 1. The van der Waals surface area contributed by atoms with Gasteiger partial charge in [0.1, 0.15) is 0 Å². The summed E-state index contributed by atoms with van der Waals surface area (Å²) in [6.45, 7) is 5.48. The first-order valence-electron chi connectivity index (χ1n) is 9.96. The van der Waals surface area contributed by atoms with Crippen molar-refractivity contribution in [2.24, 2.45) is 5.92 Å². The number of para-hydroxylation sites is 1. The number of piperidine rings is 1. The average Bonchev–Trinajstić information content (AvgIpc) is 2.74.